The highest BCUT2D eigenvalue weighted by Gasteiger charge is 2.17. The molecule has 0 fully saturated rings. The third-order valence-electron chi connectivity index (χ3n) is 4.28. The van der Waals surface area contributed by atoms with E-state index >= 15 is 0 Å². The molecule has 1 N–H and O–H groups in total. The van der Waals surface area contributed by atoms with Crippen LogP contribution in [0.5, 0.6) is 11.5 Å². The number of carbonyl (C=O) groups is 1. The number of amides is 1. The van der Waals surface area contributed by atoms with Crippen LogP contribution in [0.15, 0.2) is 48.7 Å². The summed E-state index contributed by atoms with van der Waals surface area (Å²) in [4.78, 5) is 12.4. The molecule has 0 aliphatic carbocycles. The number of carbonyl (C=O) groups excluding carboxylic acids is 1. The van der Waals surface area contributed by atoms with Crippen molar-refractivity contribution in [1.82, 2.24) is 15.1 Å². The molecule has 144 valence electrons. The van der Waals surface area contributed by atoms with Gasteiger partial charge in [0.1, 0.15) is 13.2 Å². The van der Waals surface area contributed by atoms with Gasteiger partial charge in [0.25, 0.3) is 5.91 Å². The SMILES string of the molecule is O=C(NCCc1cc(Cl)c2c(c1)OCCO2)c1ccn(-c2ccccc2Cl)n1. The molecule has 0 saturated heterocycles. The molecule has 1 aliphatic rings. The minimum Gasteiger partial charge on any atom is -0.486 e. The fourth-order valence-corrected chi connectivity index (χ4v) is 3.45. The molecule has 0 bridgehead atoms. The fraction of sp³-hybridized carbons (Fsp3) is 0.200. The fourth-order valence-electron chi connectivity index (χ4n) is 2.94. The number of nitrogens with zero attached hydrogens (tertiary/aromatic N) is 2. The van der Waals surface area contributed by atoms with Crippen LogP contribution < -0.4 is 14.8 Å². The zero-order valence-electron chi connectivity index (χ0n) is 14.8. The number of nitrogens with one attached hydrogen (secondary N) is 1. The van der Waals surface area contributed by atoms with E-state index in [1.54, 1.807) is 23.0 Å². The Morgan fingerprint density at radius 2 is 1.93 bits per heavy atom. The highest BCUT2D eigenvalue weighted by molar-refractivity contribution is 6.32. The van der Waals surface area contributed by atoms with Gasteiger partial charge in [-0.1, -0.05) is 35.3 Å². The van der Waals surface area contributed by atoms with Crippen LogP contribution in [0.2, 0.25) is 10.0 Å². The Morgan fingerprint density at radius 1 is 1.11 bits per heavy atom. The minimum atomic E-state index is -0.255. The average Bonchev–Trinajstić information content (AvgIpc) is 3.18. The maximum atomic E-state index is 12.4. The predicted molar refractivity (Wildman–Crippen MR) is 107 cm³/mol. The lowest BCUT2D eigenvalue weighted by atomic mass is 10.1. The van der Waals surface area contributed by atoms with Crippen LogP contribution in [-0.2, 0) is 6.42 Å². The largest absolute Gasteiger partial charge is 0.486 e. The van der Waals surface area contributed by atoms with Crippen molar-refractivity contribution in [2.45, 2.75) is 6.42 Å². The molecular weight excluding hydrogens is 401 g/mol. The lowest BCUT2D eigenvalue weighted by Gasteiger charge is -2.20. The van der Waals surface area contributed by atoms with E-state index in [2.05, 4.69) is 10.4 Å². The zero-order chi connectivity index (χ0) is 19.5. The van der Waals surface area contributed by atoms with Gasteiger partial charge in [-0.05, 0) is 42.3 Å². The summed E-state index contributed by atoms with van der Waals surface area (Å²) in [5.41, 5.74) is 1.99. The van der Waals surface area contributed by atoms with Gasteiger partial charge in [0.05, 0.1) is 15.7 Å². The van der Waals surface area contributed by atoms with Gasteiger partial charge in [-0.3, -0.25) is 4.79 Å². The van der Waals surface area contributed by atoms with E-state index in [4.69, 9.17) is 32.7 Å². The number of para-hydroxylation sites is 1. The molecule has 8 heteroatoms. The van der Waals surface area contributed by atoms with Gasteiger partial charge in [0.15, 0.2) is 17.2 Å². The summed E-state index contributed by atoms with van der Waals surface area (Å²) in [5, 5.41) is 8.24. The third-order valence-corrected chi connectivity index (χ3v) is 4.88. The van der Waals surface area contributed by atoms with Crippen LogP contribution >= 0.6 is 23.2 Å². The maximum absolute atomic E-state index is 12.4. The van der Waals surface area contributed by atoms with Crippen LogP contribution in [0.4, 0.5) is 0 Å². The van der Waals surface area contributed by atoms with Crippen LogP contribution in [0, 0.1) is 0 Å². The van der Waals surface area contributed by atoms with Crippen molar-refractivity contribution >= 4 is 29.1 Å². The van der Waals surface area contributed by atoms with Crippen molar-refractivity contribution in [2.24, 2.45) is 0 Å². The molecule has 2 heterocycles. The normalized spacial score (nSPS) is 12.6. The first-order valence-corrected chi connectivity index (χ1v) is 9.54. The van der Waals surface area contributed by atoms with E-state index < -0.39 is 0 Å². The number of aromatic nitrogens is 2. The number of ether oxygens (including phenoxy) is 2. The molecule has 0 unspecified atom stereocenters. The molecule has 1 amide bonds. The number of halogens is 2. The summed E-state index contributed by atoms with van der Waals surface area (Å²) in [6.07, 6.45) is 2.31. The lowest BCUT2D eigenvalue weighted by molar-refractivity contribution is 0.0948. The summed E-state index contributed by atoms with van der Waals surface area (Å²) < 4.78 is 12.7. The third kappa shape index (κ3) is 3.93. The van der Waals surface area contributed by atoms with E-state index in [0.717, 1.165) is 5.56 Å². The van der Waals surface area contributed by atoms with Crippen LogP contribution in [0.25, 0.3) is 5.69 Å². The first kappa shape index (κ1) is 18.7. The molecule has 0 atom stereocenters. The topological polar surface area (TPSA) is 65.4 Å². The molecule has 1 aromatic heterocycles. The smallest absolute Gasteiger partial charge is 0.271 e. The van der Waals surface area contributed by atoms with Crippen molar-refractivity contribution in [2.75, 3.05) is 19.8 Å². The lowest BCUT2D eigenvalue weighted by Crippen LogP contribution is -2.26. The van der Waals surface area contributed by atoms with Crippen molar-refractivity contribution < 1.29 is 14.3 Å². The molecule has 1 aliphatic heterocycles. The Bertz CT molecular complexity index is 1020. The van der Waals surface area contributed by atoms with Crippen LogP contribution in [0.1, 0.15) is 16.1 Å². The molecule has 0 radical (unpaired) electrons. The Balaban J connectivity index is 1.38. The summed E-state index contributed by atoms with van der Waals surface area (Å²) >= 11 is 12.4. The van der Waals surface area contributed by atoms with Crippen molar-refractivity contribution in [1.29, 1.82) is 0 Å². The van der Waals surface area contributed by atoms with Gasteiger partial charge in [-0.15, -0.1) is 0 Å². The molecule has 0 saturated carbocycles. The van der Waals surface area contributed by atoms with Gasteiger partial charge in [0.2, 0.25) is 0 Å². The molecular formula is C20H17Cl2N3O3. The second-order valence-electron chi connectivity index (χ2n) is 6.20. The zero-order valence-corrected chi connectivity index (χ0v) is 16.3. The van der Waals surface area contributed by atoms with E-state index in [9.17, 15) is 4.79 Å². The Morgan fingerprint density at radius 3 is 2.79 bits per heavy atom. The highest BCUT2D eigenvalue weighted by Crippen LogP contribution is 2.38. The Labute approximate surface area is 172 Å². The van der Waals surface area contributed by atoms with E-state index in [1.165, 1.54) is 0 Å². The molecule has 4 rings (SSSR count). The maximum Gasteiger partial charge on any atom is 0.271 e. The van der Waals surface area contributed by atoms with E-state index in [-0.39, 0.29) is 5.91 Å². The molecule has 6 nitrogen and oxygen atoms in total. The minimum absolute atomic E-state index is 0.255. The predicted octanol–water partition coefficient (Wildman–Crippen LogP) is 3.92. The second-order valence-corrected chi connectivity index (χ2v) is 7.02. The summed E-state index contributed by atoms with van der Waals surface area (Å²) in [6, 6.07) is 12.7. The average molecular weight is 418 g/mol. The van der Waals surface area contributed by atoms with Gasteiger partial charge in [-0.2, -0.15) is 5.10 Å². The quantitative estimate of drug-likeness (QED) is 0.682. The second kappa shape index (κ2) is 8.12. The van der Waals surface area contributed by atoms with Crippen molar-refractivity contribution in [3.8, 4) is 17.2 Å². The van der Waals surface area contributed by atoms with E-state index in [1.807, 2.05) is 30.3 Å². The van der Waals surface area contributed by atoms with Gasteiger partial charge in [0, 0.05) is 12.7 Å². The summed E-state index contributed by atoms with van der Waals surface area (Å²) in [6.45, 7) is 1.42. The van der Waals surface area contributed by atoms with Crippen molar-refractivity contribution in [3.05, 3.63) is 70.0 Å². The number of fused-ring (bicyclic) bond motifs is 1. The van der Waals surface area contributed by atoms with Crippen LogP contribution in [-0.4, -0.2) is 35.4 Å². The van der Waals surface area contributed by atoms with Gasteiger partial charge < -0.3 is 14.8 Å². The number of rotatable bonds is 5. The van der Waals surface area contributed by atoms with Crippen molar-refractivity contribution in [3.63, 3.8) is 0 Å². The molecule has 3 aromatic rings. The summed E-state index contributed by atoms with van der Waals surface area (Å²) in [5.74, 6) is 0.957. The van der Waals surface area contributed by atoms with Crippen LogP contribution in [0.3, 0.4) is 0 Å². The number of hydrogen-bond acceptors (Lipinski definition) is 4. The summed E-state index contributed by atoms with van der Waals surface area (Å²) in [7, 11) is 0. The van der Waals surface area contributed by atoms with E-state index in [0.29, 0.717) is 59.1 Å². The number of hydrogen-bond donors (Lipinski definition) is 1. The number of benzene rings is 2. The Kier molecular flexibility index (Phi) is 5.41. The molecule has 2 aromatic carbocycles. The first-order chi connectivity index (χ1) is 13.6. The highest BCUT2D eigenvalue weighted by atomic mass is 35.5. The monoisotopic (exact) mass is 417 g/mol. The standard InChI is InChI=1S/C20H17Cl2N3O3/c21-14-3-1-2-4-17(14)25-8-6-16(24-25)20(26)23-7-5-13-11-15(22)19-18(12-13)27-9-10-28-19/h1-4,6,8,11-12H,5,7,9-10H2,(H,23,26). The first-order valence-electron chi connectivity index (χ1n) is 8.78. The van der Waals surface area contributed by atoms with Gasteiger partial charge in [-0.25, -0.2) is 4.68 Å². The van der Waals surface area contributed by atoms with Gasteiger partial charge >= 0.3 is 0 Å². The molecule has 0 spiro atoms. The Hall–Kier alpha value is -2.70. The molecule has 28 heavy (non-hydrogen) atoms.